The van der Waals surface area contributed by atoms with E-state index in [0.29, 0.717) is 0 Å². The summed E-state index contributed by atoms with van der Waals surface area (Å²) in [5.41, 5.74) is -0.0394. The Balaban J connectivity index is 0.000000377. The van der Waals surface area contributed by atoms with Crippen molar-refractivity contribution in [1.29, 1.82) is 0 Å². The zero-order valence-electron chi connectivity index (χ0n) is 19.3. The molecule has 1 aliphatic rings. The fraction of sp³-hybridized carbons (Fsp3) is 0.231. The molecular weight excluding hydrogens is 449 g/mol. The van der Waals surface area contributed by atoms with Crippen LogP contribution >= 0.6 is 0 Å². The molecule has 0 atom stereocenters. The first-order valence-electron chi connectivity index (χ1n) is 10.8. The molecule has 0 fully saturated rings. The molecule has 2 amide bonds. The van der Waals surface area contributed by atoms with Gasteiger partial charge in [0.1, 0.15) is 5.82 Å². The highest BCUT2D eigenvalue weighted by molar-refractivity contribution is 6.88. The van der Waals surface area contributed by atoms with Crippen LogP contribution in [0, 0.1) is 5.82 Å². The smallest absolute Gasteiger partial charge is 0.261 e. The lowest BCUT2D eigenvalue weighted by Crippen LogP contribution is -2.50. The Hall–Kier alpha value is -2.88. The number of allylic oxidation sites excluding steroid dienone is 6. The number of hydrogen-bond acceptors (Lipinski definition) is 3. The van der Waals surface area contributed by atoms with Crippen LogP contribution in [0.3, 0.4) is 0 Å². The van der Waals surface area contributed by atoms with E-state index in [1.54, 1.807) is 0 Å². The molecule has 4 nitrogen and oxygen atoms in total. The minimum Gasteiger partial charge on any atom is -0.453 e. The van der Waals surface area contributed by atoms with Crippen molar-refractivity contribution in [2.24, 2.45) is 0 Å². The first-order chi connectivity index (χ1) is 15.8. The molecule has 0 radical (unpaired) electrons. The Kier molecular flexibility index (Phi) is 11.6. The molecule has 33 heavy (non-hydrogen) atoms. The highest BCUT2D eigenvalue weighted by Crippen LogP contribution is 2.34. The van der Waals surface area contributed by atoms with Crippen molar-refractivity contribution in [3.63, 3.8) is 0 Å². The predicted octanol–water partition coefficient (Wildman–Crippen LogP) is 6.72. The first-order valence-corrected chi connectivity index (χ1v) is 15.8. The highest BCUT2D eigenvalue weighted by Gasteiger charge is 2.41. The van der Waals surface area contributed by atoms with Gasteiger partial charge in [-0.2, -0.15) is 0 Å². The Labute approximate surface area is 199 Å². The fourth-order valence-electron chi connectivity index (χ4n) is 3.96. The summed E-state index contributed by atoms with van der Waals surface area (Å²) in [4.78, 5) is 21.9. The van der Waals surface area contributed by atoms with Gasteiger partial charge in [-0.25, -0.2) is 4.39 Å². The van der Waals surface area contributed by atoms with E-state index in [1.165, 1.54) is 12.1 Å². The van der Waals surface area contributed by atoms with Gasteiger partial charge in [-0.1, -0.05) is 42.5 Å². The molecule has 1 heterocycles. The number of benzene rings is 1. The van der Waals surface area contributed by atoms with Crippen LogP contribution in [0.15, 0.2) is 94.1 Å². The maximum atomic E-state index is 12.9. The van der Waals surface area contributed by atoms with Crippen LogP contribution in [-0.4, -0.2) is 28.4 Å². The Morgan fingerprint density at radius 1 is 0.727 bits per heavy atom. The second-order valence-electron chi connectivity index (χ2n) is 7.87. The van der Waals surface area contributed by atoms with Gasteiger partial charge in [0.15, 0.2) is 16.6 Å². The molecule has 0 saturated heterocycles. The van der Waals surface area contributed by atoms with Gasteiger partial charge in [-0.05, 0) is 48.4 Å². The van der Waals surface area contributed by atoms with Crippen molar-refractivity contribution in [1.82, 2.24) is 5.32 Å². The average molecular weight is 484 g/mol. The second kappa shape index (κ2) is 13.6. The summed E-state index contributed by atoms with van der Waals surface area (Å²) in [5, 5.41) is 2.01. The van der Waals surface area contributed by atoms with E-state index in [4.69, 9.17) is 4.12 Å². The lowest BCUT2D eigenvalue weighted by molar-refractivity contribution is 0.0878. The van der Waals surface area contributed by atoms with Crippen molar-refractivity contribution in [2.75, 3.05) is 0 Å². The molecule has 176 valence electrons. The van der Waals surface area contributed by atoms with Crippen LogP contribution < -0.4 is 5.32 Å². The number of carbonyl (C=O) groups is 2. The van der Waals surface area contributed by atoms with E-state index in [0.717, 1.165) is 42.3 Å². The summed E-state index contributed by atoms with van der Waals surface area (Å²) < 4.78 is 19.8. The largest absolute Gasteiger partial charge is 0.453 e. The van der Waals surface area contributed by atoms with Crippen LogP contribution in [0.2, 0.25) is 36.3 Å². The van der Waals surface area contributed by atoms with Crippen molar-refractivity contribution >= 4 is 28.4 Å². The molecule has 1 aliphatic heterocycles. The molecule has 1 N–H and O–H groups in total. The lowest BCUT2D eigenvalue weighted by atomic mass is 10.1. The van der Waals surface area contributed by atoms with Crippen LogP contribution in [0.5, 0.6) is 0 Å². The molecule has 1 aromatic carbocycles. The zero-order chi connectivity index (χ0) is 24.9. The maximum absolute atomic E-state index is 12.9. The number of fused-ring (bicyclic) bond motifs is 1. The van der Waals surface area contributed by atoms with E-state index in [1.807, 2.05) is 41.8 Å². The number of halogens is 1. The number of imide groups is 1. The molecule has 0 unspecified atom stereocenters. The normalized spacial score (nSPS) is 12.5. The van der Waals surface area contributed by atoms with Gasteiger partial charge in [0.2, 0.25) is 0 Å². The molecule has 0 saturated carbocycles. The van der Waals surface area contributed by atoms with Crippen molar-refractivity contribution in [3.8, 4) is 0 Å². The van der Waals surface area contributed by atoms with Gasteiger partial charge in [0, 0.05) is 0 Å². The van der Waals surface area contributed by atoms with Gasteiger partial charge < -0.3 is 4.12 Å². The standard InChI is InChI=1S/C18H30OSi2.C8H4FNO2/c1-7-13-20(14-8-2,15-9-3)19-21(16-10-4,17-11-5)18-12-6;9-5-3-1-2-4-6(5)8(12)10-7(4)11/h7-12H,1-6,13-18H2;1-3H,(H,10,11,12). The fourth-order valence-corrected chi connectivity index (χ4v) is 13.8. The van der Waals surface area contributed by atoms with Crippen LogP contribution in [0.25, 0.3) is 0 Å². The highest BCUT2D eigenvalue weighted by atomic mass is 28.4. The molecular formula is C26H34FNO3Si2. The molecule has 0 aromatic heterocycles. The quantitative estimate of drug-likeness (QED) is 0.182. The summed E-state index contributed by atoms with van der Waals surface area (Å²) in [6.07, 6.45) is 11.9. The maximum Gasteiger partial charge on any atom is 0.261 e. The third-order valence-electron chi connectivity index (χ3n) is 5.24. The van der Waals surface area contributed by atoms with Gasteiger partial charge in [-0.3, -0.25) is 14.9 Å². The van der Waals surface area contributed by atoms with Gasteiger partial charge in [0.25, 0.3) is 11.8 Å². The molecule has 2 rings (SSSR count). The molecule has 1 aromatic rings. The van der Waals surface area contributed by atoms with E-state index in [-0.39, 0.29) is 11.1 Å². The van der Waals surface area contributed by atoms with Gasteiger partial charge in [-0.15, -0.1) is 39.5 Å². The zero-order valence-corrected chi connectivity index (χ0v) is 21.3. The average Bonchev–Trinajstić information content (AvgIpc) is 3.04. The summed E-state index contributed by atoms with van der Waals surface area (Å²) >= 11 is 0. The second-order valence-corrected chi connectivity index (χ2v) is 15.9. The monoisotopic (exact) mass is 483 g/mol. The minimum absolute atomic E-state index is 0.111. The Morgan fingerprint density at radius 2 is 1.12 bits per heavy atom. The van der Waals surface area contributed by atoms with E-state index >= 15 is 0 Å². The Morgan fingerprint density at radius 3 is 1.45 bits per heavy atom. The van der Waals surface area contributed by atoms with Crippen molar-refractivity contribution in [3.05, 3.63) is 111 Å². The molecule has 0 bridgehead atoms. The van der Waals surface area contributed by atoms with Crippen LogP contribution in [0.4, 0.5) is 4.39 Å². The van der Waals surface area contributed by atoms with Gasteiger partial charge >= 0.3 is 0 Å². The third-order valence-corrected chi connectivity index (χ3v) is 14.9. The molecule has 0 aliphatic carbocycles. The number of nitrogens with one attached hydrogen (secondary N) is 1. The molecule has 0 spiro atoms. The summed E-state index contributed by atoms with van der Waals surface area (Å²) in [7, 11) is -3.96. The number of amides is 2. The number of hydrogen-bond donors (Lipinski definition) is 1. The number of rotatable bonds is 14. The van der Waals surface area contributed by atoms with Gasteiger partial charge in [0.05, 0.1) is 11.1 Å². The van der Waals surface area contributed by atoms with E-state index in [2.05, 4.69) is 39.5 Å². The van der Waals surface area contributed by atoms with Crippen molar-refractivity contribution < 1.29 is 18.1 Å². The lowest BCUT2D eigenvalue weighted by Gasteiger charge is -2.40. The summed E-state index contributed by atoms with van der Waals surface area (Å²) in [5.74, 6) is -1.85. The van der Waals surface area contributed by atoms with Crippen LogP contribution in [0.1, 0.15) is 20.7 Å². The minimum atomic E-state index is -1.98. The summed E-state index contributed by atoms with van der Waals surface area (Å²) in [6.45, 7) is 23.5. The Bertz CT molecular complexity index is 837. The van der Waals surface area contributed by atoms with E-state index < -0.39 is 34.3 Å². The van der Waals surface area contributed by atoms with Crippen molar-refractivity contribution in [2.45, 2.75) is 36.3 Å². The topological polar surface area (TPSA) is 55.4 Å². The first kappa shape index (κ1) is 28.2. The molecule has 7 heteroatoms. The SMILES string of the molecule is C=CC[Si](CC=C)(CC=C)O[Si](CC=C)(CC=C)CC=C.O=C1NC(=O)c2c(F)cccc21. The van der Waals surface area contributed by atoms with E-state index in [9.17, 15) is 14.0 Å². The van der Waals surface area contributed by atoms with Crippen LogP contribution in [-0.2, 0) is 4.12 Å². The third kappa shape index (κ3) is 7.59. The predicted molar refractivity (Wildman–Crippen MR) is 141 cm³/mol. The number of carbonyl (C=O) groups excluding carboxylic acids is 2. The summed E-state index contributed by atoms with van der Waals surface area (Å²) in [6, 6.07) is 9.49.